The summed E-state index contributed by atoms with van der Waals surface area (Å²) >= 11 is 0. The number of aliphatic carboxylic acids is 1. The van der Waals surface area contributed by atoms with Crippen LogP contribution in [0.4, 0.5) is 11.4 Å². The first-order valence-corrected chi connectivity index (χ1v) is 14.9. The number of rotatable bonds is 10. The number of carbonyl (C=O) groups excluding carboxylic acids is 2. The molecule has 1 heterocycles. The summed E-state index contributed by atoms with van der Waals surface area (Å²) in [5.41, 5.74) is 3.70. The lowest BCUT2D eigenvalue weighted by Gasteiger charge is -2.18. The third kappa shape index (κ3) is 6.53. The minimum atomic E-state index is -4.03. The zero-order chi connectivity index (χ0) is 30.8. The van der Waals surface area contributed by atoms with Gasteiger partial charge in [0.2, 0.25) is 15.9 Å². The molecule has 0 bridgehead atoms. The molecular formula is C31H33N3O7S. The van der Waals surface area contributed by atoms with Crippen LogP contribution in [0.2, 0.25) is 0 Å². The molecule has 0 spiro atoms. The molecular weight excluding hydrogens is 558 g/mol. The Hall–Kier alpha value is -4.48. The minimum absolute atomic E-state index is 0.0461. The Kier molecular flexibility index (Phi) is 8.83. The second-order valence-corrected chi connectivity index (χ2v) is 12.3. The smallest absolute Gasteiger partial charge is 0.322 e. The highest BCUT2D eigenvalue weighted by Crippen LogP contribution is 2.32. The first-order valence-electron chi connectivity index (χ1n) is 13.4. The Balaban J connectivity index is 1.49. The standard InChI is InChI=1S/C31H33N3O7S/c1-17(2)27(31(37)38)34-42(39,40)23-15-11-21(12-16-23)20-9-13-22(14-10-20)32-30(36)28-19(5)26-24(33-29(35)18(3)4)7-6-8-25(26)41-28/h6-18,27,34H,1-5H3,(H,32,36)(H,33,35)(H,37,38)/t27-/m0/s1. The summed E-state index contributed by atoms with van der Waals surface area (Å²) in [6, 6.07) is 17.1. The first kappa shape index (κ1) is 30.5. The highest BCUT2D eigenvalue weighted by Gasteiger charge is 2.28. The zero-order valence-corrected chi connectivity index (χ0v) is 24.7. The number of aryl methyl sites for hydroxylation is 1. The molecule has 11 heteroatoms. The van der Waals surface area contributed by atoms with Crippen molar-refractivity contribution in [3.8, 4) is 11.1 Å². The summed E-state index contributed by atoms with van der Waals surface area (Å²) in [5, 5.41) is 15.7. The summed E-state index contributed by atoms with van der Waals surface area (Å²) in [4.78, 5) is 36.7. The van der Waals surface area contributed by atoms with Gasteiger partial charge in [-0.2, -0.15) is 4.72 Å². The Morgan fingerprint density at radius 1 is 0.833 bits per heavy atom. The van der Waals surface area contributed by atoms with Crippen LogP contribution in [0.1, 0.15) is 43.8 Å². The number of carbonyl (C=O) groups is 3. The van der Waals surface area contributed by atoms with Crippen LogP contribution in [0.5, 0.6) is 0 Å². The van der Waals surface area contributed by atoms with E-state index < -0.39 is 33.9 Å². The van der Waals surface area contributed by atoms with Crippen LogP contribution in [0.15, 0.2) is 76.0 Å². The number of carboxylic acid groups (broad SMARTS) is 1. The summed E-state index contributed by atoms with van der Waals surface area (Å²) in [5.74, 6) is -2.33. The van der Waals surface area contributed by atoms with Crippen molar-refractivity contribution in [2.45, 2.75) is 45.6 Å². The van der Waals surface area contributed by atoms with Crippen molar-refractivity contribution in [2.24, 2.45) is 11.8 Å². The minimum Gasteiger partial charge on any atom is -0.480 e. The largest absolute Gasteiger partial charge is 0.480 e. The van der Waals surface area contributed by atoms with Crippen molar-refractivity contribution < 1.29 is 32.3 Å². The topological polar surface area (TPSA) is 155 Å². The Morgan fingerprint density at radius 3 is 1.98 bits per heavy atom. The predicted molar refractivity (Wildman–Crippen MR) is 161 cm³/mol. The number of anilines is 2. The van der Waals surface area contributed by atoms with Gasteiger partial charge >= 0.3 is 5.97 Å². The Labute approximate surface area is 244 Å². The van der Waals surface area contributed by atoms with Crippen LogP contribution in [0, 0.1) is 18.8 Å². The number of furan rings is 1. The van der Waals surface area contributed by atoms with Gasteiger partial charge in [0.25, 0.3) is 5.91 Å². The molecule has 1 atom stereocenters. The molecule has 220 valence electrons. The van der Waals surface area contributed by atoms with Crippen LogP contribution in [0.25, 0.3) is 22.1 Å². The van der Waals surface area contributed by atoms with Crippen molar-refractivity contribution in [3.05, 3.63) is 78.1 Å². The molecule has 0 aliphatic heterocycles. The molecule has 0 unspecified atom stereocenters. The van der Waals surface area contributed by atoms with Crippen molar-refractivity contribution in [1.29, 1.82) is 0 Å². The number of benzene rings is 3. The normalized spacial score (nSPS) is 12.5. The maximum Gasteiger partial charge on any atom is 0.322 e. The molecule has 3 aromatic carbocycles. The van der Waals surface area contributed by atoms with Gasteiger partial charge in [-0.25, -0.2) is 8.42 Å². The van der Waals surface area contributed by atoms with E-state index in [0.717, 1.165) is 11.1 Å². The summed E-state index contributed by atoms with van der Waals surface area (Å²) < 4.78 is 33.5. The fourth-order valence-corrected chi connectivity index (χ4v) is 5.71. The predicted octanol–water partition coefficient (Wildman–Crippen LogP) is 5.64. The highest BCUT2D eigenvalue weighted by atomic mass is 32.2. The fraction of sp³-hybridized carbons (Fsp3) is 0.258. The molecule has 0 aliphatic rings. The van der Waals surface area contributed by atoms with Crippen molar-refractivity contribution in [1.82, 2.24) is 4.72 Å². The molecule has 4 aromatic rings. The van der Waals surface area contributed by atoms with Gasteiger partial charge in [-0.15, -0.1) is 0 Å². The molecule has 1 aromatic heterocycles. The van der Waals surface area contributed by atoms with Gasteiger partial charge in [0, 0.05) is 22.6 Å². The van der Waals surface area contributed by atoms with E-state index in [0.29, 0.717) is 27.9 Å². The first-order chi connectivity index (χ1) is 19.8. The van der Waals surface area contributed by atoms with Gasteiger partial charge in [-0.05, 0) is 60.4 Å². The molecule has 4 N–H and O–H groups in total. The van der Waals surface area contributed by atoms with Crippen LogP contribution < -0.4 is 15.4 Å². The second kappa shape index (κ2) is 12.2. The van der Waals surface area contributed by atoms with E-state index in [1.807, 2.05) is 0 Å². The summed E-state index contributed by atoms with van der Waals surface area (Å²) in [6.07, 6.45) is 0. The quantitative estimate of drug-likeness (QED) is 0.186. The van der Waals surface area contributed by atoms with Gasteiger partial charge in [-0.1, -0.05) is 58.0 Å². The van der Waals surface area contributed by atoms with Gasteiger partial charge < -0.3 is 20.2 Å². The average molecular weight is 592 g/mol. The molecule has 0 fully saturated rings. The third-order valence-corrected chi connectivity index (χ3v) is 8.25. The highest BCUT2D eigenvalue weighted by molar-refractivity contribution is 7.89. The molecule has 0 aliphatic carbocycles. The number of hydrogen-bond donors (Lipinski definition) is 4. The fourth-order valence-electron chi connectivity index (χ4n) is 4.37. The summed E-state index contributed by atoms with van der Waals surface area (Å²) in [6.45, 7) is 8.61. The summed E-state index contributed by atoms with van der Waals surface area (Å²) in [7, 11) is -4.03. The average Bonchev–Trinajstić information content (AvgIpc) is 3.29. The maximum atomic E-state index is 13.1. The number of nitrogens with one attached hydrogen (secondary N) is 3. The lowest BCUT2D eigenvalue weighted by molar-refractivity contribution is -0.140. The SMILES string of the molecule is Cc1c(C(=O)Nc2ccc(-c3ccc(S(=O)(=O)N[C@H](C(=O)O)C(C)C)cc3)cc2)oc2cccc(NC(=O)C(C)C)c12. The van der Waals surface area contributed by atoms with E-state index in [9.17, 15) is 27.9 Å². The molecule has 10 nitrogen and oxygen atoms in total. The van der Waals surface area contributed by atoms with Crippen LogP contribution in [0.3, 0.4) is 0 Å². The van der Waals surface area contributed by atoms with E-state index in [1.165, 1.54) is 12.1 Å². The molecule has 2 amide bonds. The molecule has 0 radical (unpaired) electrons. The Morgan fingerprint density at radius 2 is 1.43 bits per heavy atom. The second-order valence-electron chi connectivity index (χ2n) is 10.6. The van der Waals surface area contributed by atoms with Crippen LogP contribution in [-0.2, 0) is 19.6 Å². The van der Waals surface area contributed by atoms with Gasteiger partial charge in [-0.3, -0.25) is 14.4 Å². The Bertz CT molecular complexity index is 1740. The zero-order valence-electron chi connectivity index (χ0n) is 23.9. The van der Waals surface area contributed by atoms with Gasteiger partial charge in [0.15, 0.2) is 5.76 Å². The van der Waals surface area contributed by atoms with Crippen LogP contribution >= 0.6 is 0 Å². The maximum absolute atomic E-state index is 13.1. The number of sulfonamides is 1. The lowest BCUT2D eigenvalue weighted by atomic mass is 10.1. The molecule has 42 heavy (non-hydrogen) atoms. The van der Waals surface area contributed by atoms with Crippen molar-refractivity contribution >= 4 is 50.2 Å². The molecule has 0 saturated carbocycles. The van der Waals surface area contributed by atoms with Gasteiger partial charge in [0.05, 0.1) is 10.6 Å². The van der Waals surface area contributed by atoms with E-state index in [2.05, 4.69) is 15.4 Å². The number of hydrogen-bond acceptors (Lipinski definition) is 6. The monoisotopic (exact) mass is 591 g/mol. The van der Waals surface area contributed by atoms with Crippen molar-refractivity contribution in [2.75, 3.05) is 10.6 Å². The number of fused-ring (bicyclic) bond motifs is 1. The lowest BCUT2D eigenvalue weighted by Crippen LogP contribution is -2.44. The van der Waals surface area contributed by atoms with Crippen molar-refractivity contribution in [3.63, 3.8) is 0 Å². The third-order valence-electron chi connectivity index (χ3n) is 6.80. The number of amides is 2. The number of carboxylic acids is 1. The molecule has 0 saturated heterocycles. The van der Waals surface area contributed by atoms with E-state index in [1.54, 1.807) is 89.2 Å². The molecule has 4 rings (SSSR count). The van der Waals surface area contributed by atoms with Gasteiger partial charge in [0.1, 0.15) is 11.6 Å². The van der Waals surface area contributed by atoms with Crippen LogP contribution in [-0.4, -0.2) is 37.3 Å². The van der Waals surface area contributed by atoms with E-state index in [4.69, 9.17) is 4.42 Å². The van der Waals surface area contributed by atoms with E-state index >= 15 is 0 Å². The van der Waals surface area contributed by atoms with E-state index in [-0.39, 0.29) is 22.5 Å².